The molecule has 19 heavy (non-hydrogen) atoms. The number of nitrogens with zero attached hydrogens (tertiary/aromatic N) is 2. The van der Waals surface area contributed by atoms with Gasteiger partial charge in [-0.05, 0) is 27.7 Å². The summed E-state index contributed by atoms with van der Waals surface area (Å²) >= 11 is 0. The van der Waals surface area contributed by atoms with E-state index in [1.165, 1.54) is 6.92 Å². The maximum absolute atomic E-state index is 12.6. The van der Waals surface area contributed by atoms with Gasteiger partial charge in [-0.15, -0.1) is 0 Å². The zero-order chi connectivity index (χ0) is 14.8. The fourth-order valence-corrected chi connectivity index (χ4v) is 1.69. The summed E-state index contributed by atoms with van der Waals surface area (Å²) in [6.45, 7) is 4.35. The van der Waals surface area contributed by atoms with Gasteiger partial charge in [0, 0.05) is 23.3 Å². The molecule has 0 saturated heterocycles. The molecule has 0 aliphatic carbocycles. The number of aryl methyl sites for hydroxylation is 1. The Morgan fingerprint density at radius 2 is 2.05 bits per heavy atom. The first-order valence-corrected chi connectivity index (χ1v) is 6.00. The Morgan fingerprint density at radius 1 is 1.47 bits per heavy atom. The second-order valence-corrected chi connectivity index (χ2v) is 5.31. The molecule has 0 atom stereocenters. The summed E-state index contributed by atoms with van der Waals surface area (Å²) in [4.78, 5) is 11.8. The van der Waals surface area contributed by atoms with Crippen molar-refractivity contribution in [1.29, 1.82) is 0 Å². The summed E-state index contributed by atoms with van der Waals surface area (Å²) in [5.41, 5.74) is 6.54. The molecule has 1 heterocycles. The Hall–Kier alpha value is -1.50. The highest BCUT2D eigenvalue weighted by Crippen LogP contribution is 2.19. The molecule has 108 valence electrons. The Morgan fingerprint density at radius 3 is 2.47 bits per heavy atom. The van der Waals surface area contributed by atoms with Crippen LogP contribution >= 0.6 is 0 Å². The fourth-order valence-electron chi connectivity index (χ4n) is 1.69. The Bertz CT molecular complexity index is 463. The van der Waals surface area contributed by atoms with Crippen molar-refractivity contribution < 1.29 is 13.6 Å². The minimum atomic E-state index is -2.70. The lowest BCUT2D eigenvalue weighted by molar-refractivity contribution is -0.120. The van der Waals surface area contributed by atoms with E-state index in [1.54, 1.807) is 20.8 Å². The summed E-state index contributed by atoms with van der Waals surface area (Å²) in [7, 11) is 0. The molecule has 0 aliphatic rings. The van der Waals surface area contributed by atoms with Gasteiger partial charge in [0.05, 0.1) is 12.1 Å². The van der Waals surface area contributed by atoms with Crippen LogP contribution in [0.2, 0.25) is 0 Å². The summed E-state index contributed by atoms with van der Waals surface area (Å²) in [6, 6.07) is 0. The summed E-state index contributed by atoms with van der Waals surface area (Å²) in [6.07, 6.45) is 0.0282. The lowest BCUT2D eigenvalue weighted by atomic mass is 10.1. The van der Waals surface area contributed by atoms with Gasteiger partial charge in [-0.25, -0.2) is 4.68 Å². The number of carbonyl (C=O) groups excluding carboxylic acids is 1. The van der Waals surface area contributed by atoms with Crippen molar-refractivity contribution in [3.8, 4) is 0 Å². The van der Waals surface area contributed by atoms with E-state index in [-0.39, 0.29) is 12.3 Å². The van der Waals surface area contributed by atoms with Gasteiger partial charge >= 0.3 is 6.55 Å². The number of carbonyl (C=O) groups is 1. The summed E-state index contributed by atoms with van der Waals surface area (Å²) < 4.78 is 25.9. The predicted octanol–water partition coefficient (Wildman–Crippen LogP) is 1.29. The van der Waals surface area contributed by atoms with Gasteiger partial charge in [0.2, 0.25) is 5.91 Å². The Kier molecular flexibility index (Phi) is 4.62. The fraction of sp³-hybridized carbons (Fsp3) is 0.667. The van der Waals surface area contributed by atoms with E-state index in [0.29, 0.717) is 28.2 Å². The van der Waals surface area contributed by atoms with Crippen LogP contribution in [-0.4, -0.2) is 27.8 Å². The summed E-state index contributed by atoms with van der Waals surface area (Å²) in [5, 5.41) is 6.41. The van der Waals surface area contributed by atoms with Crippen molar-refractivity contribution in [3.63, 3.8) is 0 Å². The van der Waals surface area contributed by atoms with E-state index in [2.05, 4.69) is 10.4 Å². The smallest absolute Gasteiger partial charge is 0.333 e. The minimum Gasteiger partial charge on any atom is -0.354 e. The molecule has 3 N–H and O–H groups in total. The molecule has 0 unspecified atom stereocenters. The molecule has 1 aromatic rings. The topological polar surface area (TPSA) is 72.9 Å². The molecule has 0 aliphatic heterocycles. The van der Waals surface area contributed by atoms with Gasteiger partial charge in [0.25, 0.3) is 0 Å². The Balaban J connectivity index is 2.75. The Labute approximate surface area is 111 Å². The largest absolute Gasteiger partial charge is 0.354 e. The van der Waals surface area contributed by atoms with Crippen LogP contribution in [0.4, 0.5) is 8.78 Å². The standard InChI is InChI=1S/C12H20F2N4O/c1-7-9(8(2)18(17-7)11(13)14)5-10(19)16-6-12(3,4)15/h11H,5-6,15H2,1-4H3,(H,16,19). The normalized spacial score (nSPS) is 12.0. The van der Waals surface area contributed by atoms with E-state index in [4.69, 9.17) is 5.73 Å². The number of hydrogen-bond acceptors (Lipinski definition) is 3. The molecule has 0 radical (unpaired) electrons. The second-order valence-electron chi connectivity index (χ2n) is 5.31. The number of rotatable bonds is 5. The number of aromatic nitrogens is 2. The van der Waals surface area contributed by atoms with Gasteiger partial charge in [0.15, 0.2) is 0 Å². The predicted molar refractivity (Wildman–Crippen MR) is 67.9 cm³/mol. The van der Waals surface area contributed by atoms with E-state index in [9.17, 15) is 13.6 Å². The van der Waals surface area contributed by atoms with E-state index in [1.807, 2.05) is 0 Å². The molecule has 1 amide bonds. The van der Waals surface area contributed by atoms with Crippen molar-refractivity contribution in [3.05, 3.63) is 17.0 Å². The molecular formula is C12H20F2N4O. The van der Waals surface area contributed by atoms with Gasteiger partial charge in [-0.1, -0.05) is 0 Å². The number of nitrogens with two attached hydrogens (primary N) is 1. The quantitative estimate of drug-likeness (QED) is 0.849. The van der Waals surface area contributed by atoms with Crippen molar-refractivity contribution in [2.45, 2.75) is 46.2 Å². The van der Waals surface area contributed by atoms with Crippen LogP contribution in [0.1, 0.15) is 37.3 Å². The first kappa shape index (κ1) is 15.6. The van der Waals surface area contributed by atoms with Gasteiger partial charge in [-0.3, -0.25) is 4.79 Å². The van der Waals surface area contributed by atoms with Crippen LogP contribution in [0.15, 0.2) is 0 Å². The maximum Gasteiger partial charge on any atom is 0.333 e. The van der Waals surface area contributed by atoms with Crippen molar-refractivity contribution in [1.82, 2.24) is 15.1 Å². The third kappa shape index (κ3) is 4.27. The zero-order valence-electron chi connectivity index (χ0n) is 11.6. The molecule has 0 bridgehead atoms. The molecular weight excluding hydrogens is 254 g/mol. The van der Waals surface area contributed by atoms with E-state index in [0.717, 1.165) is 0 Å². The monoisotopic (exact) mass is 274 g/mol. The number of halogens is 2. The highest BCUT2D eigenvalue weighted by molar-refractivity contribution is 5.79. The highest BCUT2D eigenvalue weighted by atomic mass is 19.3. The number of amides is 1. The van der Waals surface area contributed by atoms with Crippen LogP contribution in [0.25, 0.3) is 0 Å². The maximum atomic E-state index is 12.6. The van der Waals surface area contributed by atoms with Gasteiger partial charge in [-0.2, -0.15) is 13.9 Å². The second kappa shape index (κ2) is 5.64. The first-order chi connectivity index (χ1) is 8.61. The molecule has 0 aromatic carbocycles. The lowest BCUT2D eigenvalue weighted by Gasteiger charge is -2.18. The van der Waals surface area contributed by atoms with Crippen molar-refractivity contribution >= 4 is 5.91 Å². The molecule has 7 heteroatoms. The van der Waals surface area contributed by atoms with Crippen molar-refractivity contribution in [2.24, 2.45) is 5.73 Å². The molecule has 1 aromatic heterocycles. The van der Waals surface area contributed by atoms with Crippen LogP contribution < -0.4 is 11.1 Å². The van der Waals surface area contributed by atoms with Crippen molar-refractivity contribution in [2.75, 3.05) is 6.54 Å². The van der Waals surface area contributed by atoms with E-state index >= 15 is 0 Å². The summed E-state index contributed by atoms with van der Waals surface area (Å²) in [5.74, 6) is -0.251. The van der Waals surface area contributed by atoms with Crippen LogP contribution in [0.5, 0.6) is 0 Å². The number of nitrogens with one attached hydrogen (secondary N) is 1. The zero-order valence-corrected chi connectivity index (χ0v) is 11.6. The molecule has 0 fully saturated rings. The highest BCUT2D eigenvalue weighted by Gasteiger charge is 2.20. The number of hydrogen-bond donors (Lipinski definition) is 2. The van der Waals surface area contributed by atoms with Gasteiger partial charge in [0.1, 0.15) is 0 Å². The van der Waals surface area contributed by atoms with Crippen LogP contribution in [0.3, 0.4) is 0 Å². The third-order valence-electron chi connectivity index (χ3n) is 2.74. The molecule has 5 nitrogen and oxygen atoms in total. The van der Waals surface area contributed by atoms with Gasteiger partial charge < -0.3 is 11.1 Å². The first-order valence-electron chi connectivity index (χ1n) is 6.00. The molecule has 0 saturated carbocycles. The minimum absolute atomic E-state index is 0.0282. The molecule has 0 spiro atoms. The molecule has 1 rings (SSSR count). The SMILES string of the molecule is Cc1nn(C(F)F)c(C)c1CC(=O)NCC(C)(C)N. The average Bonchev–Trinajstić information content (AvgIpc) is 2.53. The average molecular weight is 274 g/mol. The third-order valence-corrected chi connectivity index (χ3v) is 2.74. The van der Waals surface area contributed by atoms with Crippen LogP contribution in [-0.2, 0) is 11.2 Å². The number of alkyl halides is 2. The lowest BCUT2D eigenvalue weighted by Crippen LogP contribution is -2.45. The van der Waals surface area contributed by atoms with Crippen LogP contribution in [0, 0.1) is 13.8 Å². The van der Waals surface area contributed by atoms with E-state index < -0.39 is 12.1 Å².